The second-order valence-corrected chi connectivity index (χ2v) is 3.92. The molecule has 0 aliphatic heterocycles. The molecule has 1 aromatic carbocycles. The van der Waals surface area contributed by atoms with Crippen molar-refractivity contribution in [3.63, 3.8) is 0 Å². The van der Waals surface area contributed by atoms with Crippen molar-refractivity contribution in [1.29, 1.82) is 0 Å². The number of carbonyl (C=O) groups is 1. The van der Waals surface area contributed by atoms with Crippen molar-refractivity contribution in [3.05, 3.63) is 47.8 Å². The normalized spacial score (nSPS) is 10.1. The number of benzene rings is 1. The number of hydrogen-bond donors (Lipinski definition) is 3. The van der Waals surface area contributed by atoms with Crippen LogP contribution in [0.2, 0.25) is 0 Å². The average Bonchev–Trinajstić information content (AvgIpc) is 2.33. The third kappa shape index (κ3) is 2.40. The highest BCUT2D eigenvalue weighted by Crippen LogP contribution is 2.20. The Morgan fingerprint density at radius 1 is 1.39 bits per heavy atom. The van der Waals surface area contributed by atoms with Crippen LogP contribution in [0.4, 0.5) is 11.4 Å². The van der Waals surface area contributed by atoms with Crippen molar-refractivity contribution < 1.29 is 9.90 Å². The molecule has 0 aliphatic carbocycles. The Bertz CT molecular complexity index is 597. The van der Waals surface area contributed by atoms with Gasteiger partial charge in [-0.05, 0) is 36.8 Å². The van der Waals surface area contributed by atoms with Crippen LogP contribution in [0.15, 0.2) is 36.7 Å². The topological polar surface area (TPSA) is 88.2 Å². The average molecular weight is 243 g/mol. The molecule has 92 valence electrons. The van der Waals surface area contributed by atoms with E-state index in [1.807, 2.05) is 6.92 Å². The first-order valence-corrected chi connectivity index (χ1v) is 5.38. The van der Waals surface area contributed by atoms with Gasteiger partial charge in [-0.2, -0.15) is 0 Å². The maximum atomic E-state index is 11.9. The highest BCUT2D eigenvalue weighted by atomic mass is 16.3. The van der Waals surface area contributed by atoms with Gasteiger partial charge in [-0.15, -0.1) is 0 Å². The van der Waals surface area contributed by atoms with Crippen LogP contribution < -0.4 is 11.1 Å². The maximum absolute atomic E-state index is 11.9. The molecule has 0 spiro atoms. The van der Waals surface area contributed by atoms with Crippen molar-refractivity contribution in [2.24, 2.45) is 0 Å². The Morgan fingerprint density at radius 3 is 2.83 bits per heavy atom. The minimum atomic E-state index is -0.386. The summed E-state index contributed by atoms with van der Waals surface area (Å²) in [4.78, 5) is 15.7. The monoisotopic (exact) mass is 243 g/mol. The molecule has 0 atom stereocenters. The number of amides is 1. The van der Waals surface area contributed by atoms with Gasteiger partial charge in [-0.3, -0.25) is 9.78 Å². The number of nitrogens with one attached hydrogen (secondary N) is 1. The molecule has 1 aromatic heterocycles. The van der Waals surface area contributed by atoms with Crippen LogP contribution in [0.1, 0.15) is 15.9 Å². The van der Waals surface area contributed by atoms with Gasteiger partial charge in [0.05, 0.1) is 11.8 Å². The summed E-state index contributed by atoms with van der Waals surface area (Å²) >= 11 is 0. The fraction of sp³-hybridized carbons (Fsp3) is 0.0769. The summed E-state index contributed by atoms with van der Waals surface area (Å²) in [7, 11) is 0. The van der Waals surface area contributed by atoms with Gasteiger partial charge in [0, 0.05) is 17.6 Å². The lowest BCUT2D eigenvalue weighted by molar-refractivity contribution is 0.102. The van der Waals surface area contributed by atoms with Gasteiger partial charge < -0.3 is 16.2 Å². The van der Waals surface area contributed by atoms with E-state index >= 15 is 0 Å². The second-order valence-electron chi connectivity index (χ2n) is 3.92. The molecule has 0 saturated heterocycles. The lowest BCUT2D eigenvalue weighted by Gasteiger charge is -2.09. The van der Waals surface area contributed by atoms with Gasteiger partial charge in [-0.25, -0.2) is 0 Å². The third-order valence-electron chi connectivity index (χ3n) is 2.54. The molecule has 0 aliphatic rings. The second kappa shape index (κ2) is 4.75. The highest BCUT2D eigenvalue weighted by Gasteiger charge is 2.11. The number of pyridine rings is 1. The van der Waals surface area contributed by atoms with Crippen molar-refractivity contribution in [3.8, 4) is 5.75 Å². The molecule has 2 rings (SSSR count). The van der Waals surface area contributed by atoms with E-state index in [1.165, 1.54) is 18.5 Å². The molecule has 0 bridgehead atoms. The van der Waals surface area contributed by atoms with Gasteiger partial charge in [0.25, 0.3) is 5.91 Å². The first-order valence-electron chi connectivity index (χ1n) is 5.38. The summed E-state index contributed by atoms with van der Waals surface area (Å²) in [6.07, 6.45) is 2.68. The molecule has 0 saturated carbocycles. The molecule has 1 amide bonds. The molecular weight excluding hydrogens is 230 g/mol. The third-order valence-corrected chi connectivity index (χ3v) is 2.54. The standard InChI is InChI=1S/C13H13N3O2/c1-8-6-9(14)2-3-11(8)16-13(18)10-4-5-15-7-12(10)17/h2-7,17H,14H2,1H3,(H,16,18). The molecule has 2 aromatic rings. The van der Waals surface area contributed by atoms with E-state index in [0.717, 1.165) is 5.56 Å². The fourth-order valence-electron chi connectivity index (χ4n) is 1.59. The Labute approximate surface area is 104 Å². The van der Waals surface area contributed by atoms with E-state index in [0.29, 0.717) is 11.4 Å². The van der Waals surface area contributed by atoms with E-state index in [1.54, 1.807) is 18.2 Å². The largest absolute Gasteiger partial charge is 0.505 e. The van der Waals surface area contributed by atoms with Gasteiger partial charge >= 0.3 is 0 Å². The quantitative estimate of drug-likeness (QED) is 0.703. The van der Waals surface area contributed by atoms with Crippen LogP contribution in [-0.4, -0.2) is 16.0 Å². The number of nitrogen functional groups attached to an aromatic ring is 1. The summed E-state index contributed by atoms with van der Waals surface area (Å²) < 4.78 is 0. The number of carbonyl (C=O) groups excluding carboxylic acids is 1. The SMILES string of the molecule is Cc1cc(N)ccc1NC(=O)c1ccncc1O. The number of aromatic hydroxyl groups is 1. The first-order chi connectivity index (χ1) is 8.58. The number of aromatic nitrogens is 1. The summed E-state index contributed by atoms with van der Waals surface area (Å²) in [5.74, 6) is -0.536. The lowest BCUT2D eigenvalue weighted by Crippen LogP contribution is -2.13. The molecule has 18 heavy (non-hydrogen) atoms. The van der Waals surface area contributed by atoms with Crippen LogP contribution >= 0.6 is 0 Å². The van der Waals surface area contributed by atoms with Crippen LogP contribution in [0.25, 0.3) is 0 Å². The molecule has 0 radical (unpaired) electrons. The fourth-order valence-corrected chi connectivity index (χ4v) is 1.59. The van der Waals surface area contributed by atoms with Gasteiger partial charge in [0.15, 0.2) is 0 Å². The summed E-state index contributed by atoms with van der Waals surface area (Å²) in [5.41, 5.74) is 7.97. The number of hydrogen-bond acceptors (Lipinski definition) is 4. The van der Waals surface area contributed by atoms with E-state index < -0.39 is 0 Å². The molecule has 0 unspecified atom stereocenters. The van der Waals surface area contributed by atoms with E-state index in [2.05, 4.69) is 10.3 Å². The molecule has 4 N–H and O–H groups in total. The number of aryl methyl sites for hydroxylation is 1. The van der Waals surface area contributed by atoms with Crippen LogP contribution in [0.3, 0.4) is 0 Å². The Morgan fingerprint density at radius 2 is 2.17 bits per heavy atom. The van der Waals surface area contributed by atoms with E-state index in [4.69, 9.17) is 5.73 Å². The Kier molecular flexibility index (Phi) is 3.14. The van der Waals surface area contributed by atoms with E-state index in [-0.39, 0.29) is 17.2 Å². The first kappa shape index (κ1) is 11.9. The Balaban J connectivity index is 2.24. The zero-order valence-electron chi connectivity index (χ0n) is 9.84. The zero-order chi connectivity index (χ0) is 13.1. The van der Waals surface area contributed by atoms with Gasteiger partial charge in [0.1, 0.15) is 5.75 Å². The molecule has 5 nitrogen and oxygen atoms in total. The van der Waals surface area contributed by atoms with Crippen molar-refractivity contribution in [2.45, 2.75) is 6.92 Å². The van der Waals surface area contributed by atoms with Crippen molar-refractivity contribution in [1.82, 2.24) is 4.98 Å². The van der Waals surface area contributed by atoms with E-state index in [9.17, 15) is 9.90 Å². The number of nitrogens with two attached hydrogens (primary N) is 1. The highest BCUT2D eigenvalue weighted by molar-refractivity contribution is 6.06. The summed E-state index contributed by atoms with van der Waals surface area (Å²) in [6.45, 7) is 1.85. The predicted octanol–water partition coefficient (Wildman–Crippen LogP) is 1.93. The number of nitrogens with zero attached hydrogens (tertiary/aromatic N) is 1. The zero-order valence-corrected chi connectivity index (χ0v) is 9.84. The molecule has 5 heteroatoms. The minimum absolute atomic E-state index is 0.150. The molecule has 0 fully saturated rings. The van der Waals surface area contributed by atoms with Crippen LogP contribution in [0.5, 0.6) is 5.75 Å². The van der Waals surface area contributed by atoms with Gasteiger partial charge in [0.2, 0.25) is 0 Å². The van der Waals surface area contributed by atoms with Crippen LogP contribution in [0, 0.1) is 6.92 Å². The summed E-state index contributed by atoms with van der Waals surface area (Å²) in [6, 6.07) is 6.65. The minimum Gasteiger partial charge on any atom is -0.505 e. The van der Waals surface area contributed by atoms with Gasteiger partial charge in [-0.1, -0.05) is 0 Å². The lowest BCUT2D eigenvalue weighted by atomic mass is 10.1. The predicted molar refractivity (Wildman–Crippen MR) is 69.4 cm³/mol. The molecular formula is C13H13N3O2. The van der Waals surface area contributed by atoms with Crippen molar-refractivity contribution in [2.75, 3.05) is 11.1 Å². The molecule has 1 heterocycles. The summed E-state index contributed by atoms with van der Waals surface area (Å²) in [5, 5.41) is 12.2. The smallest absolute Gasteiger partial charge is 0.259 e. The van der Waals surface area contributed by atoms with Crippen molar-refractivity contribution >= 4 is 17.3 Å². The van der Waals surface area contributed by atoms with Crippen LogP contribution in [-0.2, 0) is 0 Å². The maximum Gasteiger partial charge on any atom is 0.259 e. The Hall–Kier alpha value is -2.56. The number of rotatable bonds is 2. The number of anilines is 2.